The van der Waals surface area contributed by atoms with Crippen LogP contribution in [-0.2, 0) is 0 Å². The number of halogens is 1. The molecule has 3 rings (SSSR count). The zero-order valence-corrected chi connectivity index (χ0v) is 12.9. The van der Waals surface area contributed by atoms with E-state index in [1.54, 1.807) is 0 Å². The van der Waals surface area contributed by atoms with Crippen molar-refractivity contribution in [3.63, 3.8) is 0 Å². The van der Waals surface area contributed by atoms with E-state index in [0.717, 1.165) is 36.1 Å². The van der Waals surface area contributed by atoms with Crippen LogP contribution in [0.1, 0.15) is 61.5 Å². The molecule has 0 bridgehead atoms. The highest BCUT2D eigenvalue weighted by atomic mass is 79.9. The summed E-state index contributed by atoms with van der Waals surface area (Å²) in [5.74, 6) is 0.222. The first kappa shape index (κ1) is 13.2. The molecule has 1 aromatic heterocycles. The number of likely N-dealkylation sites (tertiary alicyclic amines) is 1. The number of hydrogen-bond donors (Lipinski definition) is 0. The maximum absolute atomic E-state index is 12.7. The zero-order chi connectivity index (χ0) is 13.2. The summed E-state index contributed by atoms with van der Waals surface area (Å²) in [4.78, 5) is 14.8. The molecule has 1 aromatic rings. The summed E-state index contributed by atoms with van der Waals surface area (Å²) in [5.41, 5.74) is 0.870. The predicted octanol–water partition coefficient (Wildman–Crippen LogP) is 3.99. The number of carbonyl (C=O) groups excluding carboxylic acids is 1. The largest absolute Gasteiger partial charge is 0.339 e. The summed E-state index contributed by atoms with van der Waals surface area (Å²) < 4.78 is 3.19. The lowest BCUT2D eigenvalue weighted by Gasteiger charge is -2.25. The third-order valence-corrected chi connectivity index (χ3v) is 4.55. The fraction of sp³-hybridized carbons (Fsp3) is 0.667. The Morgan fingerprint density at radius 2 is 1.74 bits per heavy atom. The van der Waals surface area contributed by atoms with Gasteiger partial charge in [0.25, 0.3) is 5.91 Å². The van der Waals surface area contributed by atoms with Crippen LogP contribution in [-0.4, -0.2) is 28.5 Å². The summed E-state index contributed by atoms with van der Waals surface area (Å²) >= 11 is 3.51. The molecule has 1 aliphatic carbocycles. The molecule has 0 spiro atoms. The molecule has 0 radical (unpaired) electrons. The SMILES string of the molecule is O=C(c1cc(Br)cn1C1CC1)N1CCCCCCC1. The van der Waals surface area contributed by atoms with E-state index in [4.69, 9.17) is 0 Å². The van der Waals surface area contributed by atoms with E-state index < -0.39 is 0 Å². The van der Waals surface area contributed by atoms with Gasteiger partial charge < -0.3 is 9.47 Å². The van der Waals surface area contributed by atoms with Crippen LogP contribution in [0.5, 0.6) is 0 Å². The molecule has 3 nitrogen and oxygen atoms in total. The predicted molar refractivity (Wildman–Crippen MR) is 79.4 cm³/mol. The average Bonchev–Trinajstić information content (AvgIpc) is 3.11. The van der Waals surface area contributed by atoms with Crippen molar-refractivity contribution in [1.29, 1.82) is 0 Å². The van der Waals surface area contributed by atoms with Crippen LogP contribution in [0, 0.1) is 0 Å². The first-order valence-electron chi connectivity index (χ1n) is 7.42. The van der Waals surface area contributed by atoms with Gasteiger partial charge in [-0.3, -0.25) is 4.79 Å². The molecule has 2 heterocycles. The van der Waals surface area contributed by atoms with Crippen molar-refractivity contribution in [2.45, 2.75) is 51.0 Å². The fourth-order valence-corrected chi connectivity index (χ4v) is 3.32. The molecule has 19 heavy (non-hydrogen) atoms. The summed E-state index contributed by atoms with van der Waals surface area (Å²) in [5, 5.41) is 0. The number of rotatable bonds is 2. The van der Waals surface area contributed by atoms with E-state index in [-0.39, 0.29) is 5.91 Å². The summed E-state index contributed by atoms with van der Waals surface area (Å²) in [6, 6.07) is 2.54. The highest BCUT2D eigenvalue weighted by molar-refractivity contribution is 9.10. The number of aromatic nitrogens is 1. The van der Waals surface area contributed by atoms with Gasteiger partial charge in [0.05, 0.1) is 0 Å². The maximum Gasteiger partial charge on any atom is 0.270 e. The minimum Gasteiger partial charge on any atom is -0.339 e. The topological polar surface area (TPSA) is 25.2 Å². The maximum atomic E-state index is 12.7. The first-order chi connectivity index (χ1) is 9.25. The van der Waals surface area contributed by atoms with Gasteiger partial charge in [0.15, 0.2) is 0 Å². The van der Waals surface area contributed by atoms with Gasteiger partial charge in [-0.1, -0.05) is 19.3 Å². The van der Waals surface area contributed by atoms with Crippen molar-refractivity contribution in [3.8, 4) is 0 Å². The zero-order valence-electron chi connectivity index (χ0n) is 11.3. The molecule has 2 aliphatic rings. The molecule has 104 valence electrons. The highest BCUT2D eigenvalue weighted by Gasteiger charge is 2.29. The Morgan fingerprint density at radius 3 is 2.37 bits per heavy atom. The smallest absolute Gasteiger partial charge is 0.270 e. The molecular formula is C15H21BrN2O. The Labute approximate surface area is 123 Å². The third-order valence-electron chi connectivity index (χ3n) is 4.12. The molecule has 0 aromatic carbocycles. The van der Waals surface area contributed by atoms with Gasteiger partial charge in [-0.2, -0.15) is 0 Å². The molecule has 1 saturated carbocycles. The van der Waals surface area contributed by atoms with Gasteiger partial charge in [0, 0.05) is 29.8 Å². The van der Waals surface area contributed by atoms with Crippen molar-refractivity contribution >= 4 is 21.8 Å². The Hall–Kier alpha value is -0.770. The second-order valence-electron chi connectivity index (χ2n) is 5.74. The quantitative estimate of drug-likeness (QED) is 0.807. The van der Waals surface area contributed by atoms with Crippen molar-refractivity contribution in [3.05, 3.63) is 22.4 Å². The van der Waals surface area contributed by atoms with E-state index in [1.807, 2.05) is 6.07 Å². The van der Waals surface area contributed by atoms with Gasteiger partial charge in [0.2, 0.25) is 0 Å². The van der Waals surface area contributed by atoms with Crippen molar-refractivity contribution in [1.82, 2.24) is 9.47 Å². The van der Waals surface area contributed by atoms with E-state index in [9.17, 15) is 4.79 Å². The van der Waals surface area contributed by atoms with Gasteiger partial charge in [-0.05, 0) is 47.7 Å². The van der Waals surface area contributed by atoms with E-state index in [2.05, 4.69) is 31.6 Å². The Kier molecular flexibility index (Phi) is 3.96. The van der Waals surface area contributed by atoms with Gasteiger partial charge >= 0.3 is 0 Å². The van der Waals surface area contributed by atoms with Crippen LogP contribution >= 0.6 is 15.9 Å². The van der Waals surface area contributed by atoms with Crippen LogP contribution in [0.25, 0.3) is 0 Å². The molecular weight excluding hydrogens is 304 g/mol. The van der Waals surface area contributed by atoms with E-state index in [0.29, 0.717) is 6.04 Å². The van der Waals surface area contributed by atoms with Crippen LogP contribution < -0.4 is 0 Å². The fourth-order valence-electron chi connectivity index (χ4n) is 2.88. The Bertz CT molecular complexity index is 457. The summed E-state index contributed by atoms with van der Waals surface area (Å²) in [6.07, 6.45) is 10.6. The number of hydrogen-bond acceptors (Lipinski definition) is 1. The highest BCUT2D eigenvalue weighted by Crippen LogP contribution is 2.37. The van der Waals surface area contributed by atoms with E-state index >= 15 is 0 Å². The Morgan fingerprint density at radius 1 is 1.11 bits per heavy atom. The van der Waals surface area contributed by atoms with Crippen LogP contribution in [0.4, 0.5) is 0 Å². The van der Waals surface area contributed by atoms with Crippen molar-refractivity contribution in [2.75, 3.05) is 13.1 Å². The average molecular weight is 325 g/mol. The van der Waals surface area contributed by atoms with Crippen molar-refractivity contribution in [2.24, 2.45) is 0 Å². The lowest BCUT2D eigenvalue weighted by molar-refractivity contribution is 0.0731. The normalized spacial score (nSPS) is 21.0. The molecule has 0 unspecified atom stereocenters. The van der Waals surface area contributed by atoms with Gasteiger partial charge in [-0.15, -0.1) is 0 Å². The molecule has 0 N–H and O–H groups in total. The van der Waals surface area contributed by atoms with Crippen molar-refractivity contribution < 1.29 is 4.79 Å². The van der Waals surface area contributed by atoms with Gasteiger partial charge in [-0.25, -0.2) is 0 Å². The van der Waals surface area contributed by atoms with Crippen LogP contribution in [0.3, 0.4) is 0 Å². The number of nitrogens with zero attached hydrogens (tertiary/aromatic N) is 2. The molecule has 1 amide bonds. The lowest BCUT2D eigenvalue weighted by atomic mass is 10.1. The summed E-state index contributed by atoms with van der Waals surface area (Å²) in [7, 11) is 0. The minimum absolute atomic E-state index is 0.222. The molecule has 1 aliphatic heterocycles. The number of carbonyl (C=O) groups is 1. The van der Waals surface area contributed by atoms with E-state index in [1.165, 1.54) is 32.1 Å². The Balaban J connectivity index is 1.78. The number of amides is 1. The second-order valence-corrected chi connectivity index (χ2v) is 6.66. The molecule has 2 fully saturated rings. The molecule has 0 atom stereocenters. The molecule has 1 saturated heterocycles. The molecule has 4 heteroatoms. The first-order valence-corrected chi connectivity index (χ1v) is 8.21. The second kappa shape index (κ2) is 5.70. The standard InChI is InChI=1S/C15H21BrN2O/c16-12-10-14(18(11-12)13-6-7-13)15(19)17-8-4-2-1-3-5-9-17/h10-11,13H,1-9H2. The van der Waals surface area contributed by atoms with Gasteiger partial charge in [0.1, 0.15) is 5.69 Å². The lowest BCUT2D eigenvalue weighted by Crippen LogP contribution is -2.35. The minimum atomic E-state index is 0.222. The monoisotopic (exact) mass is 324 g/mol. The van der Waals surface area contributed by atoms with Crippen LogP contribution in [0.2, 0.25) is 0 Å². The van der Waals surface area contributed by atoms with Crippen LogP contribution in [0.15, 0.2) is 16.7 Å². The third kappa shape index (κ3) is 3.04. The summed E-state index contributed by atoms with van der Waals surface area (Å²) in [6.45, 7) is 1.85.